The van der Waals surface area contributed by atoms with E-state index in [9.17, 15) is 9.59 Å². The zero-order chi connectivity index (χ0) is 16.7. The van der Waals surface area contributed by atoms with Crippen molar-refractivity contribution in [3.05, 3.63) is 23.9 Å². The van der Waals surface area contributed by atoms with Crippen molar-refractivity contribution in [1.82, 2.24) is 9.88 Å². The molecule has 0 saturated carbocycles. The normalized spacial score (nSPS) is 17.8. The van der Waals surface area contributed by atoms with Gasteiger partial charge in [0.05, 0.1) is 19.1 Å². The molecule has 126 valence electrons. The van der Waals surface area contributed by atoms with Crippen LogP contribution in [0.25, 0.3) is 0 Å². The van der Waals surface area contributed by atoms with E-state index in [4.69, 9.17) is 14.6 Å². The number of carbonyl (C=O) groups excluding carboxylic acids is 1. The van der Waals surface area contributed by atoms with Crippen molar-refractivity contribution in [1.29, 1.82) is 0 Å². The molecule has 23 heavy (non-hydrogen) atoms. The number of methoxy groups -OCH3 is 1. The summed E-state index contributed by atoms with van der Waals surface area (Å²) in [4.78, 5) is 29.4. The molecular formula is C15H20N2O5S. The number of hydrogen-bond acceptors (Lipinski definition) is 6. The maximum Gasteiger partial charge on any atom is 0.305 e. The second-order valence-corrected chi connectivity index (χ2v) is 6.20. The van der Waals surface area contributed by atoms with Crippen molar-refractivity contribution in [3.63, 3.8) is 0 Å². The van der Waals surface area contributed by atoms with Crippen molar-refractivity contribution in [2.24, 2.45) is 0 Å². The van der Waals surface area contributed by atoms with Crippen LogP contribution in [0.5, 0.6) is 5.88 Å². The lowest BCUT2D eigenvalue weighted by atomic mass is 10.1. The highest BCUT2D eigenvalue weighted by Crippen LogP contribution is 2.22. The van der Waals surface area contributed by atoms with Gasteiger partial charge < -0.3 is 19.5 Å². The fraction of sp³-hybridized carbons (Fsp3) is 0.533. The highest BCUT2D eigenvalue weighted by Gasteiger charge is 2.29. The van der Waals surface area contributed by atoms with Crippen LogP contribution >= 0.6 is 11.8 Å². The summed E-state index contributed by atoms with van der Waals surface area (Å²) < 4.78 is 10.3. The van der Waals surface area contributed by atoms with E-state index in [0.29, 0.717) is 37.0 Å². The van der Waals surface area contributed by atoms with Gasteiger partial charge in [-0.3, -0.25) is 9.59 Å². The van der Waals surface area contributed by atoms with E-state index < -0.39 is 5.97 Å². The van der Waals surface area contributed by atoms with Crippen LogP contribution in [0.2, 0.25) is 0 Å². The molecule has 1 unspecified atom stereocenters. The number of hydrogen-bond donors (Lipinski definition) is 1. The average molecular weight is 340 g/mol. The molecule has 7 nitrogen and oxygen atoms in total. The summed E-state index contributed by atoms with van der Waals surface area (Å²) >= 11 is 1.67. The van der Waals surface area contributed by atoms with Crippen LogP contribution < -0.4 is 4.74 Å². The Labute approximate surface area is 139 Å². The number of carboxylic acid groups (broad SMARTS) is 1. The topological polar surface area (TPSA) is 89.0 Å². The lowest BCUT2D eigenvalue weighted by Crippen LogP contribution is -2.47. The molecule has 0 aromatic carbocycles. The molecule has 1 atom stereocenters. The number of rotatable bonds is 7. The Kier molecular flexibility index (Phi) is 6.66. The Morgan fingerprint density at radius 3 is 3.04 bits per heavy atom. The van der Waals surface area contributed by atoms with Crippen LogP contribution in [0.15, 0.2) is 18.3 Å². The van der Waals surface area contributed by atoms with Crippen molar-refractivity contribution >= 4 is 23.6 Å². The van der Waals surface area contributed by atoms with Crippen molar-refractivity contribution in [2.45, 2.75) is 12.5 Å². The molecule has 1 aromatic rings. The van der Waals surface area contributed by atoms with Crippen LogP contribution in [0.1, 0.15) is 16.8 Å². The number of nitrogens with zero attached hydrogens (tertiary/aromatic N) is 2. The summed E-state index contributed by atoms with van der Waals surface area (Å²) in [7, 11) is 1.58. The Balaban J connectivity index is 2.08. The molecule has 8 heteroatoms. The standard InChI is InChI=1S/C15H20N2O5S/c1-21-5-6-22-13-8-11(2-3-16-13)15(20)17-4-7-23-10-12(17)9-14(18)19/h2-3,8,12H,4-7,9-10H2,1H3,(H,18,19). The fourth-order valence-corrected chi connectivity index (χ4v) is 3.37. The maximum atomic E-state index is 12.7. The zero-order valence-electron chi connectivity index (χ0n) is 12.9. The smallest absolute Gasteiger partial charge is 0.305 e. The molecule has 0 bridgehead atoms. The van der Waals surface area contributed by atoms with E-state index >= 15 is 0 Å². The summed E-state index contributed by atoms with van der Waals surface area (Å²) in [6, 6.07) is 2.91. The lowest BCUT2D eigenvalue weighted by Gasteiger charge is -2.34. The highest BCUT2D eigenvalue weighted by molar-refractivity contribution is 7.99. The van der Waals surface area contributed by atoms with Crippen LogP contribution in [0.4, 0.5) is 0 Å². The van der Waals surface area contributed by atoms with Gasteiger partial charge >= 0.3 is 5.97 Å². The van der Waals surface area contributed by atoms with Gasteiger partial charge in [0.2, 0.25) is 5.88 Å². The van der Waals surface area contributed by atoms with Gasteiger partial charge in [-0.1, -0.05) is 0 Å². The molecule has 0 aliphatic carbocycles. The van der Waals surface area contributed by atoms with Gasteiger partial charge in [0, 0.05) is 43.0 Å². The quantitative estimate of drug-likeness (QED) is 0.745. The van der Waals surface area contributed by atoms with E-state index in [1.54, 1.807) is 35.9 Å². The Bertz CT molecular complexity index is 554. The average Bonchev–Trinajstić information content (AvgIpc) is 2.55. The second kappa shape index (κ2) is 8.73. The second-order valence-electron chi connectivity index (χ2n) is 5.05. The molecule has 1 aromatic heterocycles. The first-order chi connectivity index (χ1) is 11.1. The molecule has 1 saturated heterocycles. The summed E-state index contributed by atoms with van der Waals surface area (Å²) in [6.45, 7) is 1.33. The van der Waals surface area contributed by atoms with Gasteiger partial charge in [0.1, 0.15) is 6.61 Å². The number of pyridine rings is 1. The minimum atomic E-state index is -0.895. The van der Waals surface area contributed by atoms with Crippen LogP contribution in [0.3, 0.4) is 0 Å². The molecule has 1 fully saturated rings. The van der Waals surface area contributed by atoms with E-state index in [-0.39, 0.29) is 18.4 Å². The molecule has 0 spiro atoms. The monoisotopic (exact) mass is 340 g/mol. The number of ether oxygens (including phenoxy) is 2. The summed E-state index contributed by atoms with van der Waals surface area (Å²) in [5.41, 5.74) is 0.453. The largest absolute Gasteiger partial charge is 0.481 e. The van der Waals surface area contributed by atoms with Crippen LogP contribution in [-0.4, -0.2) is 71.3 Å². The molecule has 1 aliphatic heterocycles. The van der Waals surface area contributed by atoms with Crippen molar-refractivity contribution < 1.29 is 24.2 Å². The predicted molar refractivity (Wildman–Crippen MR) is 86.0 cm³/mol. The molecule has 2 heterocycles. The third-order valence-corrected chi connectivity index (χ3v) is 4.51. The SMILES string of the molecule is COCCOc1cc(C(=O)N2CCSCC2CC(=O)O)ccn1. The Morgan fingerprint density at radius 2 is 2.30 bits per heavy atom. The third kappa shape index (κ3) is 5.11. The van der Waals surface area contributed by atoms with Gasteiger partial charge in [0.15, 0.2) is 0 Å². The maximum absolute atomic E-state index is 12.7. The molecule has 0 radical (unpaired) electrons. The Hall–Kier alpha value is -1.80. The molecule has 1 amide bonds. The van der Waals surface area contributed by atoms with Gasteiger partial charge in [-0.05, 0) is 6.07 Å². The number of carbonyl (C=O) groups is 2. The van der Waals surface area contributed by atoms with Crippen molar-refractivity contribution in [3.8, 4) is 5.88 Å². The molecule has 2 rings (SSSR count). The van der Waals surface area contributed by atoms with Crippen LogP contribution in [-0.2, 0) is 9.53 Å². The van der Waals surface area contributed by atoms with E-state index in [1.807, 2.05) is 0 Å². The lowest BCUT2D eigenvalue weighted by molar-refractivity contribution is -0.138. The summed E-state index contributed by atoms with van der Waals surface area (Å²) in [6.07, 6.45) is 1.47. The van der Waals surface area contributed by atoms with Gasteiger partial charge in [-0.2, -0.15) is 11.8 Å². The number of thioether (sulfide) groups is 1. The minimum absolute atomic E-state index is 0.0407. The fourth-order valence-electron chi connectivity index (χ4n) is 2.31. The first-order valence-electron chi connectivity index (χ1n) is 7.30. The summed E-state index contributed by atoms with van der Waals surface area (Å²) in [5.74, 6) is 0.725. The van der Waals surface area contributed by atoms with Crippen molar-refractivity contribution in [2.75, 3.05) is 38.4 Å². The summed E-state index contributed by atoms with van der Waals surface area (Å²) in [5, 5.41) is 9.01. The van der Waals surface area contributed by atoms with Gasteiger partial charge in [-0.25, -0.2) is 4.98 Å². The predicted octanol–water partition coefficient (Wildman–Crippen LogP) is 1.14. The Morgan fingerprint density at radius 1 is 1.48 bits per heavy atom. The third-order valence-electron chi connectivity index (χ3n) is 3.42. The van der Waals surface area contributed by atoms with E-state index in [2.05, 4.69) is 4.98 Å². The van der Waals surface area contributed by atoms with E-state index in [1.165, 1.54) is 6.20 Å². The van der Waals surface area contributed by atoms with E-state index in [0.717, 1.165) is 5.75 Å². The number of amides is 1. The van der Waals surface area contributed by atoms with Gasteiger partial charge in [0.25, 0.3) is 5.91 Å². The number of aliphatic carboxylic acids is 1. The molecule has 1 aliphatic rings. The number of carboxylic acids is 1. The highest BCUT2D eigenvalue weighted by atomic mass is 32.2. The number of aromatic nitrogens is 1. The minimum Gasteiger partial charge on any atom is -0.481 e. The first-order valence-corrected chi connectivity index (χ1v) is 8.45. The molecular weight excluding hydrogens is 320 g/mol. The first kappa shape index (κ1) is 17.6. The molecule has 1 N–H and O–H groups in total. The zero-order valence-corrected chi connectivity index (χ0v) is 13.8. The van der Waals surface area contributed by atoms with Crippen LogP contribution in [0, 0.1) is 0 Å². The van der Waals surface area contributed by atoms with Gasteiger partial charge in [-0.15, -0.1) is 0 Å².